The molecular weight excluding hydrogens is 496 g/mol. The number of hydrogen-bond acceptors (Lipinski definition) is 9. The first-order valence-electron chi connectivity index (χ1n) is 13.6. The predicted molar refractivity (Wildman–Crippen MR) is 152 cm³/mol. The average Bonchev–Trinajstić information content (AvgIpc) is 3.60. The highest BCUT2D eigenvalue weighted by molar-refractivity contribution is 6.05. The number of pyridine rings is 1. The van der Waals surface area contributed by atoms with Crippen molar-refractivity contribution in [3.63, 3.8) is 0 Å². The zero-order valence-electron chi connectivity index (χ0n) is 23.4. The smallest absolute Gasteiger partial charge is 0.221 e. The second-order valence-corrected chi connectivity index (χ2v) is 10.1. The Bertz CT molecular complexity index is 1450. The van der Waals surface area contributed by atoms with Crippen molar-refractivity contribution >= 4 is 22.7 Å². The van der Waals surface area contributed by atoms with Crippen molar-refractivity contribution in [1.82, 2.24) is 29.9 Å². The van der Waals surface area contributed by atoms with E-state index in [2.05, 4.69) is 22.0 Å². The fourth-order valence-corrected chi connectivity index (χ4v) is 5.66. The van der Waals surface area contributed by atoms with Gasteiger partial charge in [0.1, 0.15) is 11.6 Å². The first-order chi connectivity index (χ1) is 18.8. The molecule has 5 rings (SSSR count). The number of H-pyrrole nitrogens is 1. The summed E-state index contributed by atoms with van der Waals surface area (Å²) in [7, 11) is 1.91. The van der Waals surface area contributed by atoms with E-state index in [0.29, 0.717) is 30.5 Å². The van der Waals surface area contributed by atoms with E-state index in [1.807, 2.05) is 46.0 Å². The third-order valence-corrected chi connectivity index (χ3v) is 7.47. The number of aromatic nitrogens is 5. The number of aliphatic hydroxyl groups excluding tert-OH is 1. The van der Waals surface area contributed by atoms with E-state index in [0.717, 1.165) is 64.3 Å². The van der Waals surface area contributed by atoms with Crippen molar-refractivity contribution in [2.75, 3.05) is 32.8 Å². The van der Waals surface area contributed by atoms with Gasteiger partial charge in [0.15, 0.2) is 5.88 Å². The van der Waals surface area contributed by atoms with Gasteiger partial charge >= 0.3 is 0 Å². The van der Waals surface area contributed by atoms with E-state index in [4.69, 9.17) is 30.3 Å². The summed E-state index contributed by atoms with van der Waals surface area (Å²) in [5.74, 6) is 0.996. The van der Waals surface area contributed by atoms with Crippen molar-refractivity contribution in [2.24, 2.45) is 17.8 Å². The van der Waals surface area contributed by atoms with Crippen molar-refractivity contribution in [3.05, 3.63) is 40.7 Å². The predicted octanol–water partition coefficient (Wildman–Crippen LogP) is 2.87. The maximum absolute atomic E-state index is 9.60. The molecule has 0 saturated carbocycles. The minimum absolute atomic E-state index is 0.0547. The van der Waals surface area contributed by atoms with Crippen LogP contribution in [0.1, 0.15) is 43.8 Å². The third kappa shape index (κ3) is 5.16. The standard InChI is InChI=1S/C28H38N8O3/c1-6-38-27(29)19-9-10-21-20-14-22(31-17(3)26(20)33-32-21)25-16(2)34-35(5)28(25)39-18(4)24-8-7-12-36(24)15-23(19)30-11-13-37/h9-10,14,18,24,37H,6-8,11-13,15,29H2,1-5H3,(H,32,33)/b10-9+,27-19?,30-23?/t18-,24+/m0/s1. The fourth-order valence-electron chi connectivity index (χ4n) is 5.66. The van der Waals surface area contributed by atoms with Crippen molar-refractivity contribution in [2.45, 2.75) is 52.7 Å². The van der Waals surface area contributed by atoms with Crippen LogP contribution in [0.5, 0.6) is 5.88 Å². The molecule has 0 unspecified atom stereocenters. The second-order valence-electron chi connectivity index (χ2n) is 10.1. The van der Waals surface area contributed by atoms with E-state index in [1.54, 1.807) is 4.68 Å². The number of fused-ring (bicyclic) bond motifs is 4. The highest BCUT2D eigenvalue weighted by Gasteiger charge is 2.34. The lowest BCUT2D eigenvalue weighted by Gasteiger charge is -2.30. The number of nitrogens with one attached hydrogen (secondary N) is 1. The molecule has 0 aromatic carbocycles. The number of aliphatic imine (C=N–C) groups is 1. The molecule has 39 heavy (non-hydrogen) atoms. The molecule has 3 aromatic heterocycles. The highest BCUT2D eigenvalue weighted by atomic mass is 16.5. The van der Waals surface area contributed by atoms with Gasteiger partial charge in [0.2, 0.25) is 5.88 Å². The van der Waals surface area contributed by atoms with Gasteiger partial charge in [-0.1, -0.05) is 0 Å². The molecular formula is C28H38N8O3. The number of allylic oxidation sites excluding steroid dienone is 1. The molecule has 2 atom stereocenters. The molecule has 2 aliphatic rings. The van der Waals surface area contributed by atoms with Gasteiger partial charge < -0.3 is 20.3 Å². The number of nitrogens with zero attached hydrogens (tertiary/aromatic N) is 6. The lowest BCUT2D eigenvalue weighted by molar-refractivity contribution is 0.107. The molecule has 208 valence electrons. The molecule has 11 nitrogen and oxygen atoms in total. The topological polar surface area (TPSA) is 140 Å². The Morgan fingerprint density at radius 1 is 1.31 bits per heavy atom. The quantitative estimate of drug-likeness (QED) is 0.434. The molecule has 4 N–H and O–H groups in total. The van der Waals surface area contributed by atoms with Crippen LogP contribution in [-0.2, 0) is 11.8 Å². The van der Waals surface area contributed by atoms with E-state index in [-0.39, 0.29) is 25.3 Å². The van der Waals surface area contributed by atoms with Crippen LogP contribution in [0.15, 0.2) is 28.6 Å². The monoisotopic (exact) mass is 534 g/mol. The molecule has 2 bridgehead atoms. The van der Waals surface area contributed by atoms with Crippen LogP contribution in [0.4, 0.5) is 0 Å². The number of aromatic amines is 1. The summed E-state index contributed by atoms with van der Waals surface area (Å²) in [5.41, 5.74) is 12.8. The Hall–Kier alpha value is -3.70. The van der Waals surface area contributed by atoms with E-state index in [9.17, 15) is 5.11 Å². The summed E-state index contributed by atoms with van der Waals surface area (Å²) >= 11 is 0. The zero-order chi connectivity index (χ0) is 27.7. The van der Waals surface area contributed by atoms with Crippen LogP contribution in [0.3, 0.4) is 0 Å². The van der Waals surface area contributed by atoms with Gasteiger partial charge in [0.05, 0.1) is 59.4 Å². The normalized spacial score (nSPS) is 23.3. The second kappa shape index (κ2) is 11.2. The molecule has 0 amide bonds. The summed E-state index contributed by atoms with van der Waals surface area (Å²) in [6.07, 6.45) is 5.80. The number of aliphatic hydroxyl groups is 1. The Morgan fingerprint density at radius 2 is 2.13 bits per heavy atom. The first-order valence-corrected chi connectivity index (χ1v) is 13.6. The van der Waals surface area contributed by atoms with Gasteiger partial charge in [0.25, 0.3) is 0 Å². The summed E-state index contributed by atoms with van der Waals surface area (Å²) in [5, 5.41) is 22.9. The van der Waals surface area contributed by atoms with Gasteiger partial charge in [-0.2, -0.15) is 10.2 Å². The van der Waals surface area contributed by atoms with Crippen LogP contribution in [0.2, 0.25) is 0 Å². The van der Waals surface area contributed by atoms with Crippen molar-refractivity contribution in [3.8, 4) is 17.1 Å². The van der Waals surface area contributed by atoms with E-state index < -0.39 is 0 Å². The highest BCUT2D eigenvalue weighted by Crippen LogP contribution is 2.36. The number of hydrogen-bond donors (Lipinski definition) is 3. The maximum atomic E-state index is 9.60. The summed E-state index contributed by atoms with van der Waals surface area (Å²) < 4.78 is 14.3. The molecule has 2 aliphatic heterocycles. The van der Waals surface area contributed by atoms with Gasteiger partial charge in [-0.05, 0) is 65.3 Å². The van der Waals surface area contributed by atoms with Gasteiger partial charge in [-0.15, -0.1) is 0 Å². The van der Waals surface area contributed by atoms with Crippen LogP contribution in [0.25, 0.3) is 28.2 Å². The van der Waals surface area contributed by atoms with Gasteiger partial charge in [0, 0.05) is 25.0 Å². The molecule has 0 spiro atoms. The molecule has 1 saturated heterocycles. The van der Waals surface area contributed by atoms with Gasteiger partial charge in [-0.25, -0.2) is 4.68 Å². The number of rotatable bonds is 4. The van der Waals surface area contributed by atoms with Crippen LogP contribution < -0.4 is 10.5 Å². The zero-order valence-corrected chi connectivity index (χ0v) is 23.4. The summed E-state index contributed by atoms with van der Waals surface area (Å²) in [6.45, 7) is 10.1. The van der Waals surface area contributed by atoms with Crippen LogP contribution in [0, 0.1) is 13.8 Å². The number of ether oxygens (including phenoxy) is 2. The maximum Gasteiger partial charge on any atom is 0.221 e. The number of aryl methyl sites for hydroxylation is 3. The van der Waals surface area contributed by atoms with Crippen LogP contribution >= 0.6 is 0 Å². The Labute approximate surface area is 228 Å². The fraction of sp³-hybridized carbons (Fsp3) is 0.500. The molecule has 1 fully saturated rings. The molecule has 11 heteroatoms. The SMILES string of the molecule is CCOC(N)=C1/C=C/c2[nH]nc3c(C)nc(cc23)-c2c(C)nn(C)c2O[C@@H](C)[C@H]2CCCN2CC1=NCCO. The van der Waals surface area contributed by atoms with Gasteiger partial charge in [-0.3, -0.25) is 20.0 Å². The minimum Gasteiger partial charge on any atom is -0.479 e. The lowest BCUT2D eigenvalue weighted by atomic mass is 10.1. The first kappa shape index (κ1) is 26.9. The Balaban J connectivity index is 1.74. The summed E-state index contributed by atoms with van der Waals surface area (Å²) in [6, 6.07) is 2.19. The molecule has 0 radical (unpaired) electrons. The average molecular weight is 535 g/mol. The van der Waals surface area contributed by atoms with E-state index in [1.165, 1.54) is 0 Å². The van der Waals surface area contributed by atoms with E-state index >= 15 is 0 Å². The largest absolute Gasteiger partial charge is 0.479 e. The van der Waals surface area contributed by atoms with Crippen LogP contribution in [-0.4, -0.2) is 85.7 Å². The lowest BCUT2D eigenvalue weighted by Crippen LogP contribution is -2.43. The molecule has 0 aliphatic carbocycles. The Kier molecular flexibility index (Phi) is 7.72. The van der Waals surface area contributed by atoms with Crippen molar-refractivity contribution < 1.29 is 14.6 Å². The number of nitrogens with two attached hydrogens (primary N) is 1. The Morgan fingerprint density at radius 3 is 2.90 bits per heavy atom. The summed E-state index contributed by atoms with van der Waals surface area (Å²) in [4.78, 5) is 12.0. The third-order valence-electron chi connectivity index (χ3n) is 7.47. The minimum atomic E-state index is -0.119. The van der Waals surface area contributed by atoms with Crippen molar-refractivity contribution in [1.29, 1.82) is 0 Å². The molecule has 5 heterocycles. The molecule has 3 aromatic rings.